The molecule has 1 amide bonds. The molecule has 0 N–H and O–H groups in total. The summed E-state index contributed by atoms with van der Waals surface area (Å²) in [6, 6.07) is 8.92. The number of nitriles is 1. The molecule has 0 saturated heterocycles. The summed E-state index contributed by atoms with van der Waals surface area (Å²) in [5.74, 6) is 0.00884. The zero-order valence-electron chi connectivity index (χ0n) is 9.81. The Hall–Kier alpha value is -2.08. The quantitative estimate of drug-likeness (QED) is 0.690. The van der Waals surface area contributed by atoms with Crippen LogP contribution in [-0.2, 0) is 0 Å². The monoisotopic (exact) mass is 226 g/mol. The number of hydrogen-bond donors (Lipinski definition) is 0. The first-order valence-corrected chi connectivity index (χ1v) is 5.66. The smallest absolute Gasteiger partial charge is 0.254 e. The molecule has 17 heavy (non-hydrogen) atoms. The molecule has 1 aromatic carbocycles. The molecule has 2 rings (SSSR count). The molecular formula is C14H14N2O. The third-order valence-electron chi connectivity index (χ3n) is 2.86. The van der Waals surface area contributed by atoms with Crippen molar-refractivity contribution in [2.45, 2.75) is 13.3 Å². The van der Waals surface area contributed by atoms with Crippen LogP contribution in [0.5, 0.6) is 0 Å². The number of benzene rings is 1. The van der Waals surface area contributed by atoms with Gasteiger partial charge in [-0.25, -0.2) is 0 Å². The zero-order valence-corrected chi connectivity index (χ0v) is 9.81. The fourth-order valence-electron chi connectivity index (χ4n) is 1.99. The van der Waals surface area contributed by atoms with Crippen molar-refractivity contribution in [2.75, 3.05) is 13.1 Å². The molecule has 3 nitrogen and oxygen atoms in total. The van der Waals surface area contributed by atoms with Crippen molar-refractivity contribution in [1.82, 2.24) is 4.90 Å². The molecule has 0 atom stereocenters. The molecule has 0 fully saturated rings. The minimum absolute atomic E-state index is 0.00884. The molecule has 1 heterocycles. The lowest BCUT2D eigenvalue weighted by atomic mass is 10.1. The van der Waals surface area contributed by atoms with Gasteiger partial charge in [-0.05, 0) is 31.5 Å². The lowest BCUT2D eigenvalue weighted by Gasteiger charge is -2.26. The zero-order chi connectivity index (χ0) is 12.3. The van der Waals surface area contributed by atoms with Gasteiger partial charge in [0.2, 0.25) is 0 Å². The van der Waals surface area contributed by atoms with Crippen LogP contribution in [0.4, 0.5) is 0 Å². The van der Waals surface area contributed by atoms with Gasteiger partial charge in [-0.3, -0.25) is 4.79 Å². The summed E-state index contributed by atoms with van der Waals surface area (Å²) in [4.78, 5) is 14.0. The maximum absolute atomic E-state index is 12.2. The Morgan fingerprint density at radius 3 is 3.00 bits per heavy atom. The Morgan fingerprint density at radius 2 is 2.29 bits per heavy atom. The first-order valence-electron chi connectivity index (χ1n) is 5.66. The van der Waals surface area contributed by atoms with E-state index >= 15 is 0 Å². The van der Waals surface area contributed by atoms with Gasteiger partial charge in [-0.15, -0.1) is 0 Å². The van der Waals surface area contributed by atoms with Crippen molar-refractivity contribution in [3.05, 3.63) is 47.0 Å². The summed E-state index contributed by atoms with van der Waals surface area (Å²) in [6.07, 6.45) is 3.07. The topological polar surface area (TPSA) is 44.1 Å². The van der Waals surface area contributed by atoms with Crippen molar-refractivity contribution >= 4 is 5.91 Å². The SMILES string of the molecule is CC1=CCCN(C(=O)c2cccc(C#N)c2)C1. The largest absolute Gasteiger partial charge is 0.334 e. The standard InChI is InChI=1S/C14H14N2O/c1-11-4-3-7-16(10-11)14(17)13-6-2-5-12(8-13)9-15/h2,4-6,8H,3,7,10H2,1H3. The first-order chi connectivity index (χ1) is 8.20. The van der Waals surface area contributed by atoms with E-state index in [1.54, 1.807) is 24.3 Å². The highest BCUT2D eigenvalue weighted by atomic mass is 16.2. The maximum atomic E-state index is 12.2. The number of nitrogens with zero attached hydrogens (tertiary/aromatic N) is 2. The average Bonchev–Trinajstić information content (AvgIpc) is 2.38. The molecule has 0 aliphatic carbocycles. The third kappa shape index (κ3) is 2.54. The van der Waals surface area contributed by atoms with Crippen molar-refractivity contribution in [3.63, 3.8) is 0 Å². The van der Waals surface area contributed by atoms with Crippen LogP contribution in [0.15, 0.2) is 35.9 Å². The van der Waals surface area contributed by atoms with Crippen LogP contribution in [0.25, 0.3) is 0 Å². The summed E-state index contributed by atoms with van der Waals surface area (Å²) >= 11 is 0. The molecule has 0 unspecified atom stereocenters. The third-order valence-corrected chi connectivity index (χ3v) is 2.86. The summed E-state index contributed by atoms with van der Waals surface area (Å²) in [5, 5.41) is 8.81. The molecule has 0 aromatic heterocycles. The Morgan fingerprint density at radius 1 is 1.47 bits per heavy atom. The van der Waals surface area contributed by atoms with E-state index in [0.29, 0.717) is 17.7 Å². The second-order valence-corrected chi connectivity index (χ2v) is 4.26. The number of hydrogen-bond acceptors (Lipinski definition) is 2. The van der Waals surface area contributed by atoms with Crippen molar-refractivity contribution in [3.8, 4) is 6.07 Å². The van der Waals surface area contributed by atoms with E-state index in [4.69, 9.17) is 5.26 Å². The predicted molar refractivity (Wildman–Crippen MR) is 65.4 cm³/mol. The minimum atomic E-state index is 0.00884. The maximum Gasteiger partial charge on any atom is 0.254 e. The van der Waals surface area contributed by atoms with Crippen molar-refractivity contribution < 1.29 is 4.79 Å². The van der Waals surface area contributed by atoms with E-state index < -0.39 is 0 Å². The molecule has 1 aliphatic heterocycles. The van der Waals surface area contributed by atoms with Gasteiger partial charge in [0.25, 0.3) is 5.91 Å². The van der Waals surface area contributed by atoms with Crippen LogP contribution < -0.4 is 0 Å². The Labute approximate surface area is 101 Å². The molecule has 0 bridgehead atoms. The molecule has 0 radical (unpaired) electrons. The number of carbonyl (C=O) groups excluding carboxylic acids is 1. The van der Waals surface area contributed by atoms with Gasteiger partial charge in [0.05, 0.1) is 11.6 Å². The van der Waals surface area contributed by atoms with Gasteiger partial charge in [0.15, 0.2) is 0 Å². The predicted octanol–water partition coefficient (Wildman–Crippen LogP) is 2.35. The summed E-state index contributed by atoms with van der Waals surface area (Å²) < 4.78 is 0. The first kappa shape index (κ1) is 11.4. The molecule has 0 saturated carbocycles. The van der Waals surface area contributed by atoms with Gasteiger partial charge in [0.1, 0.15) is 0 Å². The van der Waals surface area contributed by atoms with Crippen LogP contribution in [0.2, 0.25) is 0 Å². The molecule has 1 aromatic rings. The molecule has 3 heteroatoms. The summed E-state index contributed by atoms with van der Waals surface area (Å²) in [5.41, 5.74) is 2.35. The Bertz CT molecular complexity index is 511. The Kier molecular flexibility index (Phi) is 3.24. The highest BCUT2D eigenvalue weighted by molar-refractivity contribution is 5.94. The second kappa shape index (κ2) is 4.84. The van der Waals surface area contributed by atoms with E-state index in [-0.39, 0.29) is 5.91 Å². The highest BCUT2D eigenvalue weighted by Crippen LogP contribution is 2.14. The van der Waals surface area contributed by atoms with Crippen LogP contribution in [0.3, 0.4) is 0 Å². The molecule has 0 spiro atoms. The minimum Gasteiger partial charge on any atom is -0.334 e. The van der Waals surface area contributed by atoms with E-state index in [9.17, 15) is 4.79 Å². The van der Waals surface area contributed by atoms with E-state index in [1.165, 1.54) is 5.57 Å². The fraction of sp³-hybridized carbons (Fsp3) is 0.286. The van der Waals surface area contributed by atoms with E-state index in [2.05, 4.69) is 12.1 Å². The van der Waals surface area contributed by atoms with Gasteiger partial charge < -0.3 is 4.90 Å². The number of amides is 1. The van der Waals surface area contributed by atoms with Gasteiger partial charge >= 0.3 is 0 Å². The number of carbonyl (C=O) groups is 1. The van der Waals surface area contributed by atoms with Gasteiger partial charge in [-0.2, -0.15) is 5.26 Å². The van der Waals surface area contributed by atoms with Crippen LogP contribution >= 0.6 is 0 Å². The van der Waals surface area contributed by atoms with Gasteiger partial charge in [0, 0.05) is 18.7 Å². The van der Waals surface area contributed by atoms with E-state index in [0.717, 1.165) is 13.0 Å². The summed E-state index contributed by atoms with van der Waals surface area (Å²) in [7, 11) is 0. The summed E-state index contributed by atoms with van der Waals surface area (Å²) in [6.45, 7) is 3.48. The normalized spacial score (nSPS) is 15.1. The van der Waals surface area contributed by atoms with Crippen LogP contribution in [0, 0.1) is 11.3 Å². The lowest BCUT2D eigenvalue weighted by molar-refractivity contribution is 0.0766. The van der Waals surface area contributed by atoms with Crippen molar-refractivity contribution in [1.29, 1.82) is 5.26 Å². The fourth-order valence-corrected chi connectivity index (χ4v) is 1.99. The average molecular weight is 226 g/mol. The van der Waals surface area contributed by atoms with Gasteiger partial charge in [-0.1, -0.05) is 17.7 Å². The second-order valence-electron chi connectivity index (χ2n) is 4.26. The molecule has 86 valence electrons. The molecule has 1 aliphatic rings. The van der Waals surface area contributed by atoms with E-state index in [1.807, 2.05) is 11.8 Å². The van der Waals surface area contributed by atoms with Crippen molar-refractivity contribution in [2.24, 2.45) is 0 Å². The highest BCUT2D eigenvalue weighted by Gasteiger charge is 2.18. The van der Waals surface area contributed by atoms with Crippen LogP contribution in [0.1, 0.15) is 29.3 Å². The van der Waals surface area contributed by atoms with Crippen LogP contribution in [-0.4, -0.2) is 23.9 Å². The number of rotatable bonds is 1. The Balaban J connectivity index is 2.20. The lowest BCUT2D eigenvalue weighted by Crippen LogP contribution is -2.35. The molecular weight excluding hydrogens is 212 g/mol.